The summed E-state index contributed by atoms with van der Waals surface area (Å²) in [6.45, 7) is 1.55. The third-order valence-electron chi connectivity index (χ3n) is 6.16. The van der Waals surface area contributed by atoms with Crippen LogP contribution in [0, 0.1) is 0 Å². The molecule has 5 heterocycles. The molecule has 4 bridgehead atoms. The Bertz CT molecular complexity index is 1410. The van der Waals surface area contributed by atoms with Gasteiger partial charge in [-0.25, -0.2) is 4.98 Å². The van der Waals surface area contributed by atoms with Crippen LogP contribution >= 0.6 is 0 Å². The van der Waals surface area contributed by atoms with Crippen LogP contribution in [-0.4, -0.2) is 35.3 Å². The molecule has 2 N–H and O–H groups in total. The van der Waals surface area contributed by atoms with Gasteiger partial charge in [0, 0.05) is 48.8 Å². The van der Waals surface area contributed by atoms with Crippen LogP contribution in [0.3, 0.4) is 0 Å². The van der Waals surface area contributed by atoms with Crippen LogP contribution in [0.15, 0.2) is 53.7 Å². The van der Waals surface area contributed by atoms with E-state index in [1.807, 2.05) is 12.1 Å². The molecule has 0 saturated carbocycles. The molecule has 5 rings (SSSR count). The van der Waals surface area contributed by atoms with E-state index >= 15 is 0 Å². The summed E-state index contributed by atoms with van der Waals surface area (Å²) in [5.41, 5.74) is 2.62. The van der Waals surface area contributed by atoms with Crippen molar-refractivity contribution in [3.8, 4) is 5.75 Å². The Morgan fingerprint density at radius 1 is 1.00 bits per heavy atom. The minimum Gasteiger partial charge on any atom is -0.503 e. The molecule has 1 aliphatic rings. The highest BCUT2D eigenvalue weighted by Crippen LogP contribution is 2.17. The molecule has 0 unspecified atom stereocenters. The average molecular weight is 459 g/mol. The second-order valence-corrected chi connectivity index (χ2v) is 8.53. The first kappa shape index (κ1) is 21.8. The van der Waals surface area contributed by atoms with E-state index in [4.69, 9.17) is 4.98 Å². The second-order valence-electron chi connectivity index (χ2n) is 8.53. The quantitative estimate of drug-likeness (QED) is 0.419. The van der Waals surface area contributed by atoms with E-state index in [0.29, 0.717) is 13.0 Å². The van der Waals surface area contributed by atoms with Crippen LogP contribution in [0.2, 0.25) is 0 Å². The fourth-order valence-corrected chi connectivity index (χ4v) is 4.30. The third-order valence-corrected chi connectivity index (χ3v) is 6.16. The first-order valence-corrected chi connectivity index (χ1v) is 11.5. The maximum atomic E-state index is 12.8. The Morgan fingerprint density at radius 3 is 2.79 bits per heavy atom. The largest absolute Gasteiger partial charge is 0.503 e. The predicted molar refractivity (Wildman–Crippen MR) is 127 cm³/mol. The molecule has 174 valence electrons. The van der Waals surface area contributed by atoms with E-state index in [9.17, 15) is 14.7 Å². The maximum Gasteiger partial charge on any atom is 0.276 e. The van der Waals surface area contributed by atoms with Crippen LogP contribution in [0.1, 0.15) is 46.7 Å². The van der Waals surface area contributed by atoms with Crippen molar-refractivity contribution in [3.63, 3.8) is 0 Å². The van der Waals surface area contributed by atoms with Gasteiger partial charge in [0.25, 0.3) is 11.3 Å². The number of pyridine rings is 2. The molecule has 0 radical (unpaired) electrons. The minimum absolute atomic E-state index is 0.202. The van der Waals surface area contributed by atoms with Crippen LogP contribution in [0.25, 0.3) is 11.0 Å². The van der Waals surface area contributed by atoms with Gasteiger partial charge in [0.05, 0.1) is 6.20 Å². The molecular formula is C25H26N6O3. The summed E-state index contributed by atoms with van der Waals surface area (Å²) in [6.07, 6.45) is 9.15. The van der Waals surface area contributed by atoms with Crippen molar-refractivity contribution in [2.24, 2.45) is 0 Å². The Labute approximate surface area is 196 Å². The number of carbonyl (C=O) groups is 1. The lowest BCUT2D eigenvalue weighted by Gasteiger charge is -2.11. The highest BCUT2D eigenvalue weighted by molar-refractivity contribution is 5.92. The third kappa shape index (κ3) is 4.54. The number of aryl methyl sites for hydroxylation is 4. The van der Waals surface area contributed by atoms with E-state index in [-0.39, 0.29) is 12.2 Å². The zero-order chi connectivity index (χ0) is 23.5. The Balaban J connectivity index is 1.47. The van der Waals surface area contributed by atoms with Gasteiger partial charge >= 0.3 is 0 Å². The van der Waals surface area contributed by atoms with E-state index in [1.54, 1.807) is 6.20 Å². The van der Waals surface area contributed by atoms with Crippen molar-refractivity contribution in [2.75, 3.05) is 0 Å². The number of carbonyl (C=O) groups excluding carboxylic acids is 1. The lowest BCUT2D eigenvalue weighted by molar-refractivity contribution is 0.0941. The smallest absolute Gasteiger partial charge is 0.276 e. The van der Waals surface area contributed by atoms with Crippen molar-refractivity contribution in [2.45, 2.75) is 51.7 Å². The van der Waals surface area contributed by atoms with Gasteiger partial charge in [-0.3, -0.25) is 19.3 Å². The maximum absolute atomic E-state index is 12.8. The molecule has 1 amide bonds. The monoisotopic (exact) mass is 458 g/mol. The molecule has 0 fully saturated rings. The van der Waals surface area contributed by atoms with E-state index in [1.165, 1.54) is 10.9 Å². The van der Waals surface area contributed by atoms with E-state index in [0.717, 1.165) is 60.2 Å². The Hall–Kier alpha value is -4.01. The van der Waals surface area contributed by atoms with Crippen LogP contribution in [-0.2, 0) is 32.5 Å². The van der Waals surface area contributed by atoms with E-state index < -0.39 is 17.1 Å². The Morgan fingerprint density at radius 2 is 1.88 bits per heavy atom. The van der Waals surface area contributed by atoms with Gasteiger partial charge in [-0.05, 0) is 61.9 Å². The fourth-order valence-electron chi connectivity index (χ4n) is 4.30. The standard InChI is InChI=1S/C25H26N6O3/c32-21-16-31-13-3-1-2-12-30-14-10-17-6-7-19(28-24(17)30)8-9-20-18(5-4-11-26-20)15-27-25(34)22(29-31)23(21)33/h4-7,10-11,14,16,32H,1-3,8-9,12-13,15H2,(H,27,34). The molecular weight excluding hydrogens is 432 g/mol. The number of aromatic hydroxyl groups is 1. The molecule has 0 saturated heterocycles. The average Bonchev–Trinajstić information content (AvgIpc) is 3.25. The zero-order valence-electron chi connectivity index (χ0n) is 18.8. The van der Waals surface area contributed by atoms with Gasteiger partial charge in [-0.15, -0.1) is 0 Å². The number of nitrogens with zero attached hydrogens (tertiary/aromatic N) is 5. The number of nitrogens with one attached hydrogen (secondary N) is 1. The summed E-state index contributed by atoms with van der Waals surface area (Å²) >= 11 is 0. The van der Waals surface area contributed by atoms with Crippen LogP contribution < -0.4 is 10.7 Å². The number of hydrogen-bond acceptors (Lipinski definition) is 6. The zero-order valence-corrected chi connectivity index (χ0v) is 18.8. The summed E-state index contributed by atoms with van der Waals surface area (Å²) in [5, 5.41) is 18.1. The highest BCUT2D eigenvalue weighted by atomic mass is 16.3. The van der Waals surface area contributed by atoms with Gasteiger partial charge in [-0.2, -0.15) is 5.10 Å². The number of fused-ring (bicyclic) bond motifs is 4. The first-order chi connectivity index (χ1) is 16.6. The van der Waals surface area contributed by atoms with Crippen LogP contribution in [0.5, 0.6) is 5.75 Å². The Kier molecular flexibility index (Phi) is 6.07. The lowest BCUT2D eigenvalue weighted by Crippen LogP contribution is -2.31. The predicted octanol–water partition coefficient (Wildman–Crippen LogP) is 2.59. The van der Waals surface area contributed by atoms with Gasteiger partial charge in [0.2, 0.25) is 0 Å². The molecule has 0 spiro atoms. The van der Waals surface area contributed by atoms with Gasteiger partial charge < -0.3 is 15.0 Å². The van der Waals surface area contributed by atoms with Gasteiger partial charge in [0.1, 0.15) is 5.65 Å². The van der Waals surface area contributed by atoms with Crippen molar-refractivity contribution in [1.82, 2.24) is 29.6 Å². The molecule has 1 aliphatic heterocycles. The molecule has 0 aliphatic carbocycles. The summed E-state index contributed by atoms with van der Waals surface area (Å²) in [5.74, 6) is -1.10. The molecule has 9 heteroatoms. The summed E-state index contributed by atoms with van der Waals surface area (Å²) in [6, 6.07) is 9.97. The molecule has 4 aromatic rings. The SMILES string of the molecule is O=C1NCc2cccnc2CCc2ccc3ccn(c3n2)CCCCCn2cc(O)c(=O)c1n2. The summed E-state index contributed by atoms with van der Waals surface area (Å²) in [4.78, 5) is 34.5. The number of aromatic nitrogens is 5. The number of hydrogen-bond donors (Lipinski definition) is 2. The molecule has 4 aromatic heterocycles. The second kappa shape index (κ2) is 9.46. The fraction of sp³-hybridized carbons (Fsp3) is 0.320. The number of rotatable bonds is 0. The highest BCUT2D eigenvalue weighted by Gasteiger charge is 2.17. The van der Waals surface area contributed by atoms with Crippen molar-refractivity contribution >= 4 is 16.9 Å². The topological polar surface area (TPSA) is 115 Å². The van der Waals surface area contributed by atoms with Gasteiger partial charge in [0.15, 0.2) is 11.4 Å². The minimum atomic E-state index is -0.770. The molecule has 0 atom stereocenters. The normalized spacial score (nSPS) is 15.2. The van der Waals surface area contributed by atoms with Crippen molar-refractivity contribution in [3.05, 3.63) is 81.8 Å². The first-order valence-electron chi connectivity index (χ1n) is 11.5. The van der Waals surface area contributed by atoms with Crippen LogP contribution in [0.4, 0.5) is 0 Å². The molecule has 9 nitrogen and oxygen atoms in total. The number of amides is 1. The van der Waals surface area contributed by atoms with E-state index in [2.05, 4.69) is 44.4 Å². The van der Waals surface area contributed by atoms with Gasteiger partial charge in [-0.1, -0.05) is 6.07 Å². The van der Waals surface area contributed by atoms with Crippen molar-refractivity contribution in [1.29, 1.82) is 0 Å². The van der Waals surface area contributed by atoms with Crippen molar-refractivity contribution < 1.29 is 9.90 Å². The molecule has 0 aromatic carbocycles. The lowest BCUT2D eigenvalue weighted by atomic mass is 10.1. The molecule has 34 heavy (non-hydrogen) atoms. The summed E-state index contributed by atoms with van der Waals surface area (Å²) < 4.78 is 3.65. The summed E-state index contributed by atoms with van der Waals surface area (Å²) in [7, 11) is 0.